The Labute approximate surface area is 165 Å². The summed E-state index contributed by atoms with van der Waals surface area (Å²) in [7, 11) is 0. The topological polar surface area (TPSA) is 64.0 Å². The first kappa shape index (κ1) is 18.5. The third kappa shape index (κ3) is 3.50. The number of benzene rings is 1. The van der Waals surface area contributed by atoms with Crippen molar-refractivity contribution in [2.45, 2.75) is 32.7 Å². The lowest BCUT2D eigenvalue weighted by Crippen LogP contribution is -2.42. The van der Waals surface area contributed by atoms with Crippen LogP contribution < -0.4 is 10.9 Å². The van der Waals surface area contributed by atoms with Crippen molar-refractivity contribution in [3.8, 4) is 11.4 Å². The van der Waals surface area contributed by atoms with E-state index in [9.17, 15) is 14.0 Å². The van der Waals surface area contributed by atoms with Gasteiger partial charge in [-0.1, -0.05) is 15.9 Å². The number of carbonyl (C=O) groups is 1. The van der Waals surface area contributed by atoms with E-state index >= 15 is 0 Å². The Kier molecular flexibility index (Phi) is 4.76. The number of hydrogen-bond donors (Lipinski definition) is 1. The van der Waals surface area contributed by atoms with Crippen LogP contribution in [0.3, 0.4) is 0 Å². The molecule has 5 nitrogen and oxygen atoms in total. The maximum absolute atomic E-state index is 14.6. The second kappa shape index (κ2) is 6.95. The van der Waals surface area contributed by atoms with E-state index in [0.717, 1.165) is 19.4 Å². The average Bonchev–Trinajstić information content (AvgIpc) is 3.35. The highest BCUT2D eigenvalue weighted by molar-refractivity contribution is 9.10. The molecule has 2 aliphatic rings. The normalized spacial score (nSPS) is 22.2. The lowest BCUT2D eigenvalue weighted by atomic mass is 9.80. The highest BCUT2D eigenvalue weighted by atomic mass is 79.9. The molecule has 1 aliphatic carbocycles. The fraction of sp³-hybridized carbons (Fsp3) is 0.450. The minimum absolute atomic E-state index is 0.104. The lowest BCUT2D eigenvalue weighted by Gasteiger charge is -2.28. The average molecular weight is 434 g/mol. The van der Waals surface area contributed by atoms with Gasteiger partial charge in [0.25, 0.3) is 5.56 Å². The van der Waals surface area contributed by atoms with E-state index in [1.165, 1.54) is 16.7 Å². The van der Waals surface area contributed by atoms with E-state index in [4.69, 9.17) is 0 Å². The number of nitrogens with zero attached hydrogens (tertiary/aromatic N) is 2. The third-order valence-electron chi connectivity index (χ3n) is 5.48. The number of carbonyl (C=O) groups excluding carboxylic acids is 1. The second-order valence-corrected chi connectivity index (χ2v) is 8.53. The van der Waals surface area contributed by atoms with Crippen LogP contribution in [-0.2, 0) is 11.3 Å². The molecule has 2 aromatic rings. The van der Waals surface area contributed by atoms with Gasteiger partial charge in [0.2, 0.25) is 0 Å². The van der Waals surface area contributed by atoms with Crippen LogP contribution in [0.2, 0.25) is 0 Å². The molecule has 1 saturated carbocycles. The fourth-order valence-corrected chi connectivity index (χ4v) is 4.23. The number of rotatable bonds is 5. The third-order valence-corrected chi connectivity index (χ3v) is 5.98. The molecular formula is C20H21BrFN3O2. The Morgan fingerprint density at radius 3 is 2.81 bits per heavy atom. The van der Waals surface area contributed by atoms with Crippen LogP contribution >= 0.6 is 15.9 Å². The van der Waals surface area contributed by atoms with Crippen molar-refractivity contribution in [2.24, 2.45) is 11.3 Å². The maximum Gasteiger partial charge on any atom is 0.254 e. The van der Waals surface area contributed by atoms with Gasteiger partial charge in [0.1, 0.15) is 17.4 Å². The van der Waals surface area contributed by atoms with Gasteiger partial charge < -0.3 is 5.32 Å². The summed E-state index contributed by atoms with van der Waals surface area (Å²) >= 11 is 3.26. The quantitative estimate of drug-likeness (QED) is 0.786. The highest BCUT2D eigenvalue weighted by Crippen LogP contribution is 2.41. The summed E-state index contributed by atoms with van der Waals surface area (Å²) in [6.45, 7) is 3.24. The monoisotopic (exact) mass is 433 g/mol. The van der Waals surface area contributed by atoms with E-state index in [0.29, 0.717) is 23.1 Å². The van der Waals surface area contributed by atoms with Crippen molar-refractivity contribution in [3.63, 3.8) is 0 Å². The van der Waals surface area contributed by atoms with Gasteiger partial charge in [0.15, 0.2) is 0 Å². The number of hydrogen-bond acceptors (Lipinski definition) is 4. The first-order chi connectivity index (χ1) is 12.9. The SMILES string of the molecule is Cc1cc(=O)n(CC2(C(=O)C3CC3)CCNC2)c(-c2ccc(Br)cc2F)n1. The molecule has 27 heavy (non-hydrogen) atoms. The molecule has 4 rings (SSSR count). The van der Waals surface area contributed by atoms with Gasteiger partial charge >= 0.3 is 0 Å². The first-order valence-corrected chi connectivity index (χ1v) is 9.98. The van der Waals surface area contributed by atoms with Crippen molar-refractivity contribution in [1.82, 2.24) is 14.9 Å². The Balaban J connectivity index is 1.82. The molecule has 1 aliphatic heterocycles. The van der Waals surface area contributed by atoms with E-state index in [1.807, 2.05) is 0 Å². The van der Waals surface area contributed by atoms with Crippen molar-refractivity contribution in [2.75, 3.05) is 13.1 Å². The molecule has 1 aromatic heterocycles. The highest BCUT2D eigenvalue weighted by Gasteiger charge is 2.48. The molecule has 0 amide bonds. The molecule has 2 heterocycles. The van der Waals surface area contributed by atoms with Gasteiger partial charge in [0.05, 0.1) is 11.0 Å². The molecule has 0 spiro atoms. The van der Waals surface area contributed by atoms with Gasteiger partial charge in [-0.3, -0.25) is 14.2 Å². The molecule has 142 valence electrons. The fourth-order valence-electron chi connectivity index (χ4n) is 3.90. The van der Waals surface area contributed by atoms with E-state index in [2.05, 4.69) is 26.2 Å². The molecular weight excluding hydrogens is 413 g/mol. The molecule has 1 saturated heterocycles. The summed E-state index contributed by atoms with van der Waals surface area (Å²) < 4.78 is 16.7. The Bertz CT molecular complexity index is 962. The molecule has 0 bridgehead atoms. The number of Topliss-reactive ketones (excluding diaryl/α,β-unsaturated/α-hetero) is 1. The van der Waals surface area contributed by atoms with Crippen molar-refractivity contribution < 1.29 is 9.18 Å². The summed E-state index contributed by atoms with van der Waals surface area (Å²) in [4.78, 5) is 30.3. The van der Waals surface area contributed by atoms with Crippen LogP contribution in [0.4, 0.5) is 4.39 Å². The first-order valence-electron chi connectivity index (χ1n) is 9.19. The van der Waals surface area contributed by atoms with Crippen molar-refractivity contribution >= 4 is 21.7 Å². The van der Waals surface area contributed by atoms with Crippen LogP contribution in [-0.4, -0.2) is 28.4 Å². The summed E-state index contributed by atoms with van der Waals surface area (Å²) in [5.74, 6) is 0.150. The van der Waals surface area contributed by atoms with Crippen LogP contribution in [0.15, 0.2) is 33.5 Å². The maximum atomic E-state index is 14.6. The number of aromatic nitrogens is 2. The predicted molar refractivity (Wildman–Crippen MR) is 104 cm³/mol. The van der Waals surface area contributed by atoms with Crippen molar-refractivity contribution in [1.29, 1.82) is 0 Å². The van der Waals surface area contributed by atoms with Crippen LogP contribution in [0, 0.1) is 24.1 Å². The summed E-state index contributed by atoms with van der Waals surface area (Å²) in [5.41, 5.74) is -0.0861. The number of halogens is 2. The molecule has 1 aromatic carbocycles. The number of aryl methyl sites for hydroxylation is 1. The predicted octanol–water partition coefficient (Wildman–Crippen LogP) is 3.08. The van der Waals surface area contributed by atoms with Crippen molar-refractivity contribution in [3.05, 3.63) is 50.6 Å². The summed E-state index contributed by atoms with van der Waals surface area (Å²) in [5, 5.41) is 3.27. The molecule has 2 fully saturated rings. The summed E-state index contributed by atoms with van der Waals surface area (Å²) in [6.07, 6.45) is 2.54. The Morgan fingerprint density at radius 1 is 1.41 bits per heavy atom. The van der Waals surface area contributed by atoms with Crippen LogP contribution in [0.1, 0.15) is 25.0 Å². The number of ketones is 1. The molecule has 1 unspecified atom stereocenters. The molecule has 1 N–H and O–H groups in total. The summed E-state index contributed by atoms with van der Waals surface area (Å²) in [6, 6.07) is 6.13. The zero-order chi connectivity index (χ0) is 19.2. The molecule has 7 heteroatoms. The van der Waals surface area contributed by atoms with Gasteiger partial charge in [-0.2, -0.15) is 0 Å². The van der Waals surface area contributed by atoms with Crippen LogP contribution in [0.5, 0.6) is 0 Å². The Morgan fingerprint density at radius 2 is 2.19 bits per heavy atom. The van der Waals surface area contributed by atoms with Gasteiger partial charge in [0, 0.05) is 35.2 Å². The van der Waals surface area contributed by atoms with Gasteiger partial charge in [-0.05, 0) is 50.9 Å². The van der Waals surface area contributed by atoms with E-state index in [1.54, 1.807) is 19.1 Å². The minimum Gasteiger partial charge on any atom is -0.316 e. The van der Waals surface area contributed by atoms with Crippen LogP contribution in [0.25, 0.3) is 11.4 Å². The lowest BCUT2D eigenvalue weighted by molar-refractivity contribution is -0.129. The van der Waals surface area contributed by atoms with Gasteiger partial charge in [-0.15, -0.1) is 0 Å². The largest absolute Gasteiger partial charge is 0.316 e. The number of nitrogens with one attached hydrogen (secondary N) is 1. The molecule has 0 radical (unpaired) electrons. The second-order valence-electron chi connectivity index (χ2n) is 7.62. The standard InChI is InChI=1S/C20H21BrFN3O2/c1-12-8-17(26)25(19(24-12)15-5-4-14(21)9-16(15)22)11-20(6-7-23-10-20)18(27)13-2-3-13/h4-5,8-9,13,23H,2-3,6-7,10-11H2,1H3. The zero-order valence-corrected chi connectivity index (χ0v) is 16.7. The van der Waals surface area contributed by atoms with E-state index < -0.39 is 11.2 Å². The van der Waals surface area contributed by atoms with E-state index in [-0.39, 0.29) is 35.2 Å². The smallest absolute Gasteiger partial charge is 0.254 e. The minimum atomic E-state index is -0.622. The zero-order valence-electron chi connectivity index (χ0n) is 15.1. The van der Waals surface area contributed by atoms with Gasteiger partial charge in [-0.25, -0.2) is 9.37 Å². The molecule has 1 atom stereocenters. The Hall–Kier alpha value is -1.86.